The smallest absolute Gasteiger partial charge is 0.233 e. The number of para-hydroxylation sites is 1. The number of nitrogens with zero attached hydrogens (tertiary/aromatic N) is 3. The Bertz CT molecular complexity index is 997. The molecule has 0 saturated carbocycles. The fourth-order valence-electron chi connectivity index (χ4n) is 3.55. The van der Waals surface area contributed by atoms with E-state index in [9.17, 15) is 4.79 Å². The molecule has 0 bridgehead atoms. The lowest BCUT2D eigenvalue weighted by molar-refractivity contribution is -0.118. The number of fused-ring (bicyclic) bond motifs is 1. The molecule has 3 rings (SSSR count). The number of benzene rings is 2. The summed E-state index contributed by atoms with van der Waals surface area (Å²) in [5.41, 5.74) is 5.59. The Balaban J connectivity index is 0.00000320. The normalized spacial score (nSPS) is 11.0. The minimum absolute atomic E-state index is 0. The first kappa shape index (κ1) is 24.3. The van der Waals surface area contributed by atoms with Gasteiger partial charge in [-0.1, -0.05) is 61.1 Å². The van der Waals surface area contributed by atoms with Crippen LogP contribution in [0.4, 0.5) is 5.13 Å². The van der Waals surface area contributed by atoms with Crippen molar-refractivity contribution in [3.05, 3.63) is 58.7 Å². The van der Waals surface area contributed by atoms with E-state index in [0.717, 1.165) is 51.7 Å². The molecule has 0 radical (unpaired) electrons. The van der Waals surface area contributed by atoms with Gasteiger partial charge in [0.2, 0.25) is 5.91 Å². The Morgan fingerprint density at radius 1 is 1.00 bits per heavy atom. The van der Waals surface area contributed by atoms with E-state index in [2.05, 4.69) is 75.9 Å². The SMILES string of the molecule is CCN(CC)CCN(C(=O)Cc1cc(C)ccc1C)c1nc2c(C)cccc2s1.Cl. The van der Waals surface area contributed by atoms with Gasteiger partial charge in [-0.25, -0.2) is 4.98 Å². The molecule has 1 amide bonds. The highest BCUT2D eigenvalue weighted by Crippen LogP contribution is 2.31. The van der Waals surface area contributed by atoms with Crippen molar-refractivity contribution >= 4 is 45.0 Å². The Hall–Kier alpha value is -1.95. The monoisotopic (exact) mass is 445 g/mol. The predicted octanol–water partition coefficient (Wildman–Crippen LogP) is 5.56. The summed E-state index contributed by atoms with van der Waals surface area (Å²) in [5, 5.41) is 0.803. The molecule has 0 fully saturated rings. The summed E-state index contributed by atoms with van der Waals surface area (Å²) in [6.45, 7) is 14.0. The molecular formula is C24H32ClN3OS. The molecule has 0 aliphatic heterocycles. The van der Waals surface area contributed by atoms with Gasteiger partial charge in [-0.3, -0.25) is 9.69 Å². The van der Waals surface area contributed by atoms with E-state index in [1.807, 2.05) is 4.90 Å². The van der Waals surface area contributed by atoms with Crippen molar-refractivity contribution in [2.75, 3.05) is 31.1 Å². The van der Waals surface area contributed by atoms with Crippen molar-refractivity contribution in [2.24, 2.45) is 0 Å². The number of hydrogen-bond acceptors (Lipinski definition) is 4. The summed E-state index contributed by atoms with van der Waals surface area (Å²) < 4.78 is 1.13. The minimum atomic E-state index is 0. The molecule has 0 atom stereocenters. The second-order valence-corrected chi connectivity index (χ2v) is 8.61. The molecule has 162 valence electrons. The number of likely N-dealkylation sites (N-methyl/N-ethyl adjacent to an activating group) is 1. The maximum Gasteiger partial charge on any atom is 0.233 e. The van der Waals surface area contributed by atoms with E-state index in [1.165, 1.54) is 5.56 Å². The van der Waals surface area contributed by atoms with Gasteiger partial charge in [0.05, 0.1) is 16.6 Å². The van der Waals surface area contributed by atoms with E-state index in [0.29, 0.717) is 13.0 Å². The third-order valence-corrected chi connectivity index (χ3v) is 6.57. The lowest BCUT2D eigenvalue weighted by Gasteiger charge is -2.25. The van der Waals surface area contributed by atoms with Crippen LogP contribution < -0.4 is 4.90 Å². The molecule has 6 heteroatoms. The number of aryl methyl sites for hydroxylation is 3. The maximum atomic E-state index is 13.4. The zero-order valence-corrected chi connectivity index (χ0v) is 20.2. The molecule has 0 aliphatic carbocycles. The van der Waals surface area contributed by atoms with Crippen molar-refractivity contribution < 1.29 is 4.79 Å². The highest BCUT2D eigenvalue weighted by molar-refractivity contribution is 7.22. The van der Waals surface area contributed by atoms with Gasteiger partial charge in [-0.2, -0.15) is 0 Å². The number of carbonyl (C=O) groups excluding carboxylic acids is 1. The van der Waals surface area contributed by atoms with Crippen LogP contribution in [0, 0.1) is 20.8 Å². The highest BCUT2D eigenvalue weighted by atomic mass is 35.5. The molecule has 1 heterocycles. The molecule has 1 aromatic heterocycles. The number of hydrogen-bond donors (Lipinski definition) is 0. The van der Waals surface area contributed by atoms with Gasteiger partial charge in [0.1, 0.15) is 0 Å². The summed E-state index contributed by atoms with van der Waals surface area (Å²) in [5.74, 6) is 0.113. The van der Waals surface area contributed by atoms with Gasteiger partial charge in [0.25, 0.3) is 0 Å². The number of amides is 1. The van der Waals surface area contributed by atoms with E-state index in [1.54, 1.807) is 11.3 Å². The van der Waals surface area contributed by atoms with E-state index in [-0.39, 0.29) is 18.3 Å². The van der Waals surface area contributed by atoms with Crippen molar-refractivity contribution in [1.82, 2.24) is 9.88 Å². The average molecular weight is 446 g/mol. The van der Waals surface area contributed by atoms with E-state index < -0.39 is 0 Å². The average Bonchev–Trinajstić information content (AvgIpc) is 3.13. The Morgan fingerprint density at radius 3 is 2.40 bits per heavy atom. The number of aromatic nitrogens is 1. The number of rotatable bonds is 8. The Labute approximate surface area is 190 Å². The maximum absolute atomic E-state index is 13.4. The van der Waals surface area contributed by atoms with E-state index in [4.69, 9.17) is 4.98 Å². The lowest BCUT2D eigenvalue weighted by atomic mass is 10.0. The number of anilines is 1. The number of halogens is 1. The van der Waals surface area contributed by atoms with Gasteiger partial charge in [0, 0.05) is 13.1 Å². The molecule has 3 aromatic rings. The molecular weight excluding hydrogens is 414 g/mol. The second-order valence-electron chi connectivity index (χ2n) is 7.60. The first-order chi connectivity index (χ1) is 13.9. The van der Waals surface area contributed by atoms with Crippen LogP contribution in [0.3, 0.4) is 0 Å². The van der Waals surface area contributed by atoms with E-state index >= 15 is 0 Å². The van der Waals surface area contributed by atoms with Crippen LogP contribution in [0.25, 0.3) is 10.2 Å². The zero-order chi connectivity index (χ0) is 21.0. The predicted molar refractivity (Wildman–Crippen MR) is 131 cm³/mol. The first-order valence-electron chi connectivity index (χ1n) is 10.4. The van der Waals surface area contributed by atoms with Gasteiger partial charge >= 0.3 is 0 Å². The van der Waals surface area contributed by atoms with Gasteiger partial charge < -0.3 is 4.90 Å². The minimum Gasteiger partial charge on any atom is -0.302 e. The van der Waals surface area contributed by atoms with Crippen molar-refractivity contribution in [2.45, 2.75) is 41.0 Å². The number of thiazole rings is 1. The first-order valence-corrected chi connectivity index (χ1v) is 11.2. The fourth-order valence-corrected chi connectivity index (χ4v) is 4.63. The molecule has 0 spiro atoms. The van der Waals surface area contributed by atoms with Crippen LogP contribution in [0.1, 0.15) is 36.1 Å². The lowest BCUT2D eigenvalue weighted by Crippen LogP contribution is -2.39. The molecule has 0 N–H and O–H groups in total. The van der Waals surface area contributed by atoms with Crippen LogP contribution >= 0.6 is 23.7 Å². The van der Waals surface area contributed by atoms with Gasteiger partial charge in [-0.05, 0) is 56.6 Å². The third-order valence-electron chi connectivity index (χ3n) is 5.52. The zero-order valence-electron chi connectivity index (χ0n) is 18.6. The topological polar surface area (TPSA) is 36.4 Å². The Kier molecular flexibility index (Phi) is 8.83. The summed E-state index contributed by atoms with van der Waals surface area (Å²) >= 11 is 1.61. The van der Waals surface area contributed by atoms with Crippen molar-refractivity contribution in [3.8, 4) is 0 Å². The Morgan fingerprint density at radius 2 is 1.73 bits per heavy atom. The van der Waals surface area contributed by atoms with Crippen molar-refractivity contribution in [1.29, 1.82) is 0 Å². The quantitative estimate of drug-likeness (QED) is 0.455. The molecule has 0 saturated heterocycles. The largest absolute Gasteiger partial charge is 0.302 e. The summed E-state index contributed by atoms with van der Waals surface area (Å²) in [6, 6.07) is 12.5. The number of carbonyl (C=O) groups is 1. The van der Waals surface area contributed by atoms with Crippen LogP contribution in [0.15, 0.2) is 36.4 Å². The van der Waals surface area contributed by atoms with Crippen LogP contribution in [-0.4, -0.2) is 42.0 Å². The highest BCUT2D eigenvalue weighted by Gasteiger charge is 2.21. The molecule has 4 nitrogen and oxygen atoms in total. The molecule has 2 aromatic carbocycles. The van der Waals surface area contributed by atoms with Crippen LogP contribution in [0.2, 0.25) is 0 Å². The third kappa shape index (κ3) is 5.60. The fraction of sp³-hybridized carbons (Fsp3) is 0.417. The second kappa shape index (κ2) is 10.9. The standard InChI is InChI=1S/C24H31N3OS.ClH/c1-6-26(7-2)13-14-27(22(28)16-20-15-17(3)11-12-18(20)4)24-25-23-19(5)9-8-10-21(23)29-24;/h8-12,15H,6-7,13-14,16H2,1-5H3;1H. The summed E-state index contributed by atoms with van der Waals surface area (Å²) in [6.07, 6.45) is 0.403. The molecule has 0 aliphatic rings. The van der Waals surface area contributed by atoms with Gasteiger partial charge in [-0.15, -0.1) is 12.4 Å². The van der Waals surface area contributed by atoms with Gasteiger partial charge in [0.15, 0.2) is 5.13 Å². The summed E-state index contributed by atoms with van der Waals surface area (Å²) in [7, 11) is 0. The van der Waals surface area contributed by atoms with Crippen LogP contribution in [0.5, 0.6) is 0 Å². The molecule has 0 unspecified atom stereocenters. The van der Waals surface area contributed by atoms with Crippen LogP contribution in [-0.2, 0) is 11.2 Å². The summed E-state index contributed by atoms with van der Waals surface area (Å²) in [4.78, 5) is 22.5. The molecule has 30 heavy (non-hydrogen) atoms. The van der Waals surface area contributed by atoms with Crippen molar-refractivity contribution in [3.63, 3.8) is 0 Å².